The van der Waals surface area contributed by atoms with Crippen molar-refractivity contribution < 1.29 is 36.3 Å². The van der Waals surface area contributed by atoms with Crippen LogP contribution in [-0.2, 0) is 19.6 Å². The molecule has 0 unspecified atom stereocenters. The number of nitrogens with one attached hydrogen (secondary N) is 1. The quantitative estimate of drug-likeness (QED) is 0.558. The lowest BCUT2D eigenvalue weighted by Gasteiger charge is -2.29. The zero-order valence-electron chi connectivity index (χ0n) is 20.0. The highest BCUT2D eigenvalue weighted by Crippen LogP contribution is 2.24. The number of sulfonamides is 1. The fraction of sp³-hybridized carbons (Fsp3) is 0.636. The smallest absolute Gasteiger partial charge is 0.475 e. The molecule has 1 saturated heterocycles. The van der Waals surface area contributed by atoms with Gasteiger partial charge in [-0.15, -0.1) is 0 Å². The summed E-state index contributed by atoms with van der Waals surface area (Å²) >= 11 is 0. The van der Waals surface area contributed by atoms with Crippen LogP contribution in [-0.4, -0.2) is 80.1 Å². The maximum atomic E-state index is 13.3. The summed E-state index contributed by atoms with van der Waals surface area (Å²) in [6.45, 7) is 11.4. The Balaban J connectivity index is 0.000000718. The van der Waals surface area contributed by atoms with E-state index >= 15 is 0 Å². The molecule has 1 heterocycles. The highest BCUT2D eigenvalue weighted by atomic mass is 32.2. The molecule has 1 amide bonds. The van der Waals surface area contributed by atoms with E-state index in [1.165, 1.54) is 4.31 Å². The summed E-state index contributed by atoms with van der Waals surface area (Å²) in [6.07, 6.45) is -3.17. The van der Waals surface area contributed by atoms with Gasteiger partial charge in [-0.25, -0.2) is 13.2 Å². The molecule has 0 spiro atoms. The molecule has 0 saturated carbocycles. The van der Waals surface area contributed by atoms with Crippen LogP contribution < -0.4 is 5.32 Å². The van der Waals surface area contributed by atoms with E-state index in [1.807, 2.05) is 38.7 Å². The molecule has 1 fully saturated rings. The molecule has 1 aliphatic heterocycles. The number of halogens is 3. The average molecular weight is 510 g/mol. The molecule has 0 bridgehead atoms. The fourth-order valence-electron chi connectivity index (χ4n) is 3.33. The van der Waals surface area contributed by atoms with Crippen molar-refractivity contribution in [1.29, 1.82) is 0 Å². The Morgan fingerprint density at radius 1 is 1.06 bits per heavy atom. The molecular weight excluding hydrogens is 475 g/mol. The highest BCUT2D eigenvalue weighted by Gasteiger charge is 2.38. The molecule has 2 rings (SSSR count). The molecule has 1 aromatic carbocycles. The summed E-state index contributed by atoms with van der Waals surface area (Å²) in [5.41, 5.74) is 2.81. The van der Waals surface area contributed by atoms with Gasteiger partial charge < -0.3 is 15.3 Å². The zero-order chi connectivity index (χ0) is 26.1. The van der Waals surface area contributed by atoms with E-state index in [1.54, 1.807) is 6.07 Å². The number of rotatable bonds is 8. The highest BCUT2D eigenvalue weighted by molar-refractivity contribution is 7.89. The molecule has 194 valence electrons. The number of carboxylic acids is 1. The molecular formula is C22H34F3N3O5S. The summed E-state index contributed by atoms with van der Waals surface area (Å²) in [5, 5.41) is 10.3. The van der Waals surface area contributed by atoms with Crippen molar-refractivity contribution in [3.05, 3.63) is 28.8 Å². The molecule has 1 aromatic rings. The number of hydrogen-bond donors (Lipinski definition) is 2. The first kappa shape index (κ1) is 29.9. The zero-order valence-corrected chi connectivity index (χ0v) is 20.9. The van der Waals surface area contributed by atoms with E-state index in [4.69, 9.17) is 9.90 Å². The molecule has 12 heteroatoms. The molecule has 0 radical (unpaired) electrons. The van der Waals surface area contributed by atoms with Crippen LogP contribution in [0.1, 0.15) is 42.9 Å². The van der Waals surface area contributed by atoms with Gasteiger partial charge in [0.25, 0.3) is 0 Å². The van der Waals surface area contributed by atoms with Crippen molar-refractivity contribution in [2.75, 3.05) is 39.3 Å². The van der Waals surface area contributed by atoms with Gasteiger partial charge in [-0.2, -0.15) is 17.5 Å². The number of nitrogens with zero attached hydrogens (tertiary/aromatic N) is 2. The third-order valence-electron chi connectivity index (χ3n) is 5.46. The van der Waals surface area contributed by atoms with Gasteiger partial charge in [0.2, 0.25) is 15.9 Å². The second kappa shape index (κ2) is 13.1. The standard InChI is InChI=1S/C20H33N3O3S.C2HF3O2/c1-5-6-10-23(11-7-20(24)22-12-8-21-9-13-22)27(25,26)19-15-17(3)16(2)14-18(19)4;3-2(4,5)1(6)7/h14-15,21H,5-13H2,1-4H3;(H,6,7). The Morgan fingerprint density at radius 2 is 1.59 bits per heavy atom. The van der Waals surface area contributed by atoms with Gasteiger partial charge in [-0.05, 0) is 49.9 Å². The van der Waals surface area contributed by atoms with Gasteiger partial charge in [0.05, 0.1) is 4.90 Å². The van der Waals surface area contributed by atoms with E-state index in [2.05, 4.69) is 5.32 Å². The molecule has 8 nitrogen and oxygen atoms in total. The number of unbranched alkanes of at least 4 members (excludes halogenated alkanes) is 1. The number of carbonyl (C=O) groups is 2. The first-order valence-electron chi connectivity index (χ1n) is 11.1. The molecule has 1 aliphatic rings. The number of carboxylic acid groups (broad SMARTS) is 1. The molecule has 0 aromatic heterocycles. The third kappa shape index (κ3) is 8.88. The Kier molecular flexibility index (Phi) is 11.5. The van der Waals surface area contributed by atoms with Gasteiger partial charge in [0.1, 0.15) is 0 Å². The van der Waals surface area contributed by atoms with Gasteiger partial charge in [0.15, 0.2) is 0 Å². The van der Waals surface area contributed by atoms with Gasteiger partial charge in [-0.3, -0.25) is 4.79 Å². The summed E-state index contributed by atoms with van der Waals surface area (Å²) in [4.78, 5) is 23.6. The van der Waals surface area contributed by atoms with E-state index in [0.717, 1.165) is 42.6 Å². The minimum absolute atomic E-state index is 0.0324. The third-order valence-corrected chi connectivity index (χ3v) is 7.50. The Morgan fingerprint density at radius 3 is 2.09 bits per heavy atom. The van der Waals surface area contributed by atoms with Crippen LogP contribution in [0.4, 0.5) is 13.2 Å². The summed E-state index contributed by atoms with van der Waals surface area (Å²) in [7, 11) is -3.62. The van der Waals surface area contributed by atoms with Crippen LogP contribution in [0, 0.1) is 20.8 Å². The molecule has 0 aliphatic carbocycles. The van der Waals surface area contributed by atoms with Crippen molar-refractivity contribution in [1.82, 2.24) is 14.5 Å². The van der Waals surface area contributed by atoms with E-state index in [9.17, 15) is 26.4 Å². The second-order valence-corrected chi connectivity index (χ2v) is 10.0. The average Bonchev–Trinajstić information content (AvgIpc) is 2.76. The predicted octanol–water partition coefficient (Wildman–Crippen LogP) is 2.86. The SMILES string of the molecule is CCCCN(CCC(=O)N1CCNCC1)S(=O)(=O)c1cc(C)c(C)cc1C.O=C(O)C(F)(F)F. The summed E-state index contributed by atoms with van der Waals surface area (Å²) < 4.78 is 59.8. The lowest BCUT2D eigenvalue weighted by Crippen LogP contribution is -2.47. The topological polar surface area (TPSA) is 107 Å². The van der Waals surface area contributed by atoms with Crippen LogP contribution in [0.25, 0.3) is 0 Å². The molecule has 0 atom stereocenters. The Hall–Kier alpha value is -2.18. The van der Waals surface area contributed by atoms with E-state index < -0.39 is 22.2 Å². The lowest BCUT2D eigenvalue weighted by atomic mass is 10.1. The maximum Gasteiger partial charge on any atom is 0.490 e. The van der Waals surface area contributed by atoms with Gasteiger partial charge in [0, 0.05) is 45.7 Å². The van der Waals surface area contributed by atoms with Crippen molar-refractivity contribution >= 4 is 21.9 Å². The molecule has 34 heavy (non-hydrogen) atoms. The van der Waals surface area contributed by atoms with Gasteiger partial charge >= 0.3 is 12.1 Å². The van der Waals surface area contributed by atoms with Crippen LogP contribution in [0.5, 0.6) is 0 Å². The number of piperazine rings is 1. The van der Waals surface area contributed by atoms with Crippen molar-refractivity contribution in [2.45, 2.75) is 58.0 Å². The van der Waals surface area contributed by atoms with Crippen molar-refractivity contribution in [2.24, 2.45) is 0 Å². The number of aliphatic carboxylic acids is 1. The summed E-state index contributed by atoms with van der Waals surface area (Å²) in [6, 6.07) is 3.68. The first-order valence-corrected chi connectivity index (χ1v) is 12.5. The van der Waals surface area contributed by atoms with Crippen LogP contribution in [0.2, 0.25) is 0 Å². The van der Waals surface area contributed by atoms with Gasteiger partial charge in [-0.1, -0.05) is 19.4 Å². The van der Waals surface area contributed by atoms with E-state index in [0.29, 0.717) is 24.5 Å². The molecule has 2 N–H and O–H groups in total. The van der Waals surface area contributed by atoms with Crippen LogP contribution in [0.15, 0.2) is 17.0 Å². The van der Waals surface area contributed by atoms with Crippen molar-refractivity contribution in [3.8, 4) is 0 Å². The largest absolute Gasteiger partial charge is 0.490 e. The minimum atomic E-state index is -5.08. The van der Waals surface area contributed by atoms with Crippen LogP contribution >= 0.6 is 0 Å². The second-order valence-electron chi connectivity index (χ2n) is 8.14. The number of benzene rings is 1. The lowest BCUT2D eigenvalue weighted by molar-refractivity contribution is -0.192. The fourth-order valence-corrected chi connectivity index (χ4v) is 5.10. The number of alkyl halides is 3. The normalized spacial score (nSPS) is 14.5. The first-order chi connectivity index (χ1) is 15.7. The minimum Gasteiger partial charge on any atom is -0.475 e. The predicted molar refractivity (Wildman–Crippen MR) is 122 cm³/mol. The monoisotopic (exact) mass is 509 g/mol. The number of hydrogen-bond acceptors (Lipinski definition) is 5. The summed E-state index contributed by atoms with van der Waals surface area (Å²) in [5.74, 6) is -2.72. The number of amides is 1. The Bertz CT molecular complexity index is 946. The van der Waals surface area contributed by atoms with E-state index in [-0.39, 0.29) is 18.9 Å². The van der Waals surface area contributed by atoms with Crippen molar-refractivity contribution in [3.63, 3.8) is 0 Å². The number of carbonyl (C=O) groups excluding carboxylic acids is 1. The number of aryl methyl sites for hydroxylation is 3. The Labute approximate surface area is 199 Å². The maximum absolute atomic E-state index is 13.3. The van der Waals surface area contributed by atoms with Crippen LogP contribution in [0.3, 0.4) is 0 Å².